The summed E-state index contributed by atoms with van der Waals surface area (Å²) < 4.78 is 11.6. The summed E-state index contributed by atoms with van der Waals surface area (Å²) in [6.07, 6.45) is 8.80. The van der Waals surface area contributed by atoms with E-state index in [2.05, 4.69) is 45.8 Å². The lowest BCUT2D eigenvalue weighted by Crippen LogP contribution is -2.42. The maximum absolute atomic E-state index is 13.2. The second kappa shape index (κ2) is 17.2. The molecule has 10 nitrogen and oxygen atoms in total. The van der Waals surface area contributed by atoms with Gasteiger partial charge in [-0.25, -0.2) is 9.79 Å². The highest BCUT2D eigenvalue weighted by Gasteiger charge is 2.32. The number of carbonyl (C=O) groups is 2. The number of hydrogen-bond donors (Lipinski definition) is 2. The maximum atomic E-state index is 13.2. The number of nitrogens with zero attached hydrogens (tertiary/aromatic N) is 4. The number of aromatic nitrogens is 1. The molecule has 1 amide bonds. The molecule has 10 heteroatoms. The molecule has 45 heavy (non-hydrogen) atoms. The number of carbonyl (C=O) groups excluding carboxylic acids is 1. The van der Waals surface area contributed by atoms with E-state index in [9.17, 15) is 9.59 Å². The van der Waals surface area contributed by atoms with Gasteiger partial charge in [0.15, 0.2) is 0 Å². The molecule has 0 bridgehead atoms. The normalized spacial score (nSPS) is 17.5. The summed E-state index contributed by atoms with van der Waals surface area (Å²) in [6.45, 7) is 24.0. The third-order valence-electron chi connectivity index (χ3n) is 6.83. The summed E-state index contributed by atoms with van der Waals surface area (Å²) in [4.78, 5) is 36.8. The van der Waals surface area contributed by atoms with Crippen LogP contribution in [0.3, 0.4) is 0 Å². The fourth-order valence-corrected chi connectivity index (χ4v) is 4.82. The van der Waals surface area contributed by atoms with Crippen LogP contribution in [0, 0.1) is 0 Å². The molecule has 1 fully saturated rings. The molecular formula is C35H51N5O5. The second-order valence-electron chi connectivity index (χ2n) is 11.6. The molecule has 3 rings (SSSR count). The standard InChI is InChI=1S/C33H45N5O5.C2H6/c1-9-10-11-29(23(3)31-24(4)42-17-16-38(31)32(41)43-33(6,7)8)37-15-14-26(22(2)21-37)19-34-25(5)36-28-13-12-27(35-20-28)18-30(39)40;1-2/h10-13,19-20H,2,9,14-18,21H2,1,3-8H3,(H,34,36)(H,39,40);1-2H3/b11-10+,26-19-,29-23+;. The number of carboxylic acids is 1. The van der Waals surface area contributed by atoms with Crippen molar-refractivity contribution in [3.8, 4) is 0 Å². The molecule has 2 N–H and O–H groups in total. The van der Waals surface area contributed by atoms with Crippen LogP contribution in [0.1, 0.15) is 80.8 Å². The summed E-state index contributed by atoms with van der Waals surface area (Å²) in [7, 11) is 0. The number of aliphatic imine (C=N–C) groups is 1. The number of rotatable bonds is 8. The van der Waals surface area contributed by atoms with Gasteiger partial charge < -0.3 is 24.8 Å². The molecule has 0 saturated carbocycles. The smallest absolute Gasteiger partial charge is 0.415 e. The van der Waals surface area contributed by atoms with Crippen molar-refractivity contribution >= 4 is 23.6 Å². The van der Waals surface area contributed by atoms with Gasteiger partial charge in [0.25, 0.3) is 0 Å². The Morgan fingerprint density at radius 2 is 1.93 bits per heavy atom. The van der Waals surface area contributed by atoms with Crippen LogP contribution >= 0.6 is 0 Å². The monoisotopic (exact) mass is 621 g/mol. The molecule has 0 atom stereocenters. The minimum Gasteiger partial charge on any atom is -0.494 e. The SMILES string of the molecule is C=C1CN(C(/C=C/CC)=C(\C)C2=C(C)OCCN2C(=O)OC(C)(C)C)CC/C1=C/N=C(C)Nc1ccc(CC(=O)O)nc1.CC. The fraction of sp³-hybridized carbons (Fsp3) is 0.486. The van der Waals surface area contributed by atoms with Crippen molar-refractivity contribution in [2.45, 2.75) is 87.2 Å². The average Bonchev–Trinajstić information content (AvgIpc) is 2.97. The molecular weight excluding hydrogens is 570 g/mol. The Morgan fingerprint density at radius 1 is 1.22 bits per heavy atom. The van der Waals surface area contributed by atoms with Crippen molar-refractivity contribution in [3.63, 3.8) is 0 Å². The lowest BCUT2D eigenvalue weighted by molar-refractivity contribution is -0.136. The number of carboxylic acid groups (broad SMARTS) is 1. The molecule has 0 spiro atoms. The molecule has 0 radical (unpaired) electrons. The molecule has 246 valence electrons. The molecule has 0 aromatic carbocycles. The topological polar surface area (TPSA) is 117 Å². The molecule has 0 unspecified atom stereocenters. The summed E-state index contributed by atoms with van der Waals surface area (Å²) in [5.41, 5.74) is 5.33. The minimum atomic E-state index is -0.916. The van der Waals surface area contributed by atoms with Gasteiger partial charge in [0.1, 0.15) is 23.8 Å². The predicted octanol–water partition coefficient (Wildman–Crippen LogP) is 7.45. The third-order valence-corrected chi connectivity index (χ3v) is 6.83. The van der Waals surface area contributed by atoms with Crippen LogP contribution in [0.15, 0.2) is 82.1 Å². The summed E-state index contributed by atoms with van der Waals surface area (Å²) in [5.74, 6) is 0.457. The zero-order valence-corrected chi connectivity index (χ0v) is 28.5. The van der Waals surface area contributed by atoms with Gasteiger partial charge in [-0.3, -0.25) is 14.7 Å². The van der Waals surface area contributed by atoms with Crippen LogP contribution in [0.2, 0.25) is 0 Å². The van der Waals surface area contributed by atoms with E-state index in [4.69, 9.17) is 14.6 Å². The minimum absolute atomic E-state index is 0.115. The number of allylic oxidation sites excluding steroid dienone is 4. The summed E-state index contributed by atoms with van der Waals surface area (Å²) in [6, 6.07) is 3.47. The highest BCUT2D eigenvalue weighted by atomic mass is 16.6. The number of nitrogens with one attached hydrogen (secondary N) is 1. The number of ether oxygens (including phenoxy) is 2. The van der Waals surface area contributed by atoms with Crippen molar-refractivity contribution in [3.05, 3.63) is 82.8 Å². The van der Waals surface area contributed by atoms with Crippen molar-refractivity contribution in [2.24, 2.45) is 4.99 Å². The van der Waals surface area contributed by atoms with Crippen molar-refractivity contribution in [1.29, 1.82) is 0 Å². The predicted molar refractivity (Wildman–Crippen MR) is 181 cm³/mol. The Morgan fingerprint density at radius 3 is 2.51 bits per heavy atom. The van der Waals surface area contributed by atoms with Gasteiger partial charge in [0.05, 0.1) is 36.2 Å². The molecule has 1 saturated heterocycles. The van der Waals surface area contributed by atoms with Crippen LogP contribution in [0.25, 0.3) is 0 Å². The van der Waals surface area contributed by atoms with E-state index in [1.807, 2.05) is 61.6 Å². The number of amides is 1. The maximum Gasteiger partial charge on any atom is 0.415 e. The van der Waals surface area contributed by atoms with E-state index in [-0.39, 0.29) is 12.5 Å². The molecule has 2 aliphatic heterocycles. The Kier molecular flexibility index (Phi) is 14.1. The first kappa shape index (κ1) is 36.8. The third kappa shape index (κ3) is 11.3. The van der Waals surface area contributed by atoms with Gasteiger partial charge >= 0.3 is 12.1 Å². The zero-order valence-electron chi connectivity index (χ0n) is 28.5. The fourth-order valence-electron chi connectivity index (χ4n) is 4.82. The first-order valence-corrected chi connectivity index (χ1v) is 15.6. The van der Waals surface area contributed by atoms with Crippen LogP contribution < -0.4 is 5.32 Å². The number of likely N-dealkylation sites (tertiary alicyclic amines) is 1. The van der Waals surface area contributed by atoms with Crippen LogP contribution in [0.5, 0.6) is 0 Å². The highest BCUT2D eigenvalue weighted by Crippen LogP contribution is 2.32. The van der Waals surface area contributed by atoms with E-state index in [1.54, 1.807) is 23.2 Å². The zero-order chi connectivity index (χ0) is 33.7. The number of aliphatic carboxylic acids is 1. The van der Waals surface area contributed by atoms with E-state index in [0.29, 0.717) is 37.0 Å². The van der Waals surface area contributed by atoms with Gasteiger partial charge in [0.2, 0.25) is 0 Å². The number of pyridine rings is 1. The van der Waals surface area contributed by atoms with E-state index in [1.165, 1.54) is 0 Å². The Bertz CT molecular complexity index is 1360. The van der Waals surface area contributed by atoms with E-state index in [0.717, 1.165) is 53.2 Å². The number of anilines is 1. The Labute approximate surface area is 268 Å². The first-order chi connectivity index (χ1) is 21.3. The van der Waals surface area contributed by atoms with Crippen LogP contribution in [-0.4, -0.2) is 69.6 Å². The van der Waals surface area contributed by atoms with Crippen molar-refractivity contribution in [2.75, 3.05) is 31.6 Å². The number of piperidine rings is 1. The van der Waals surface area contributed by atoms with E-state index >= 15 is 0 Å². The quantitative estimate of drug-likeness (QED) is 0.175. The second-order valence-corrected chi connectivity index (χ2v) is 11.6. The highest BCUT2D eigenvalue weighted by molar-refractivity contribution is 5.93. The Balaban J connectivity index is 0.00000345. The van der Waals surface area contributed by atoms with E-state index < -0.39 is 11.6 Å². The van der Waals surface area contributed by atoms with Gasteiger partial charge in [0, 0.05) is 25.0 Å². The first-order valence-electron chi connectivity index (χ1n) is 15.6. The number of amidine groups is 1. The van der Waals surface area contributed by atoms with Gasteiger partial charge in [-0.1, -0.05) is 33.4 Å². The molecule has 0 aliphatic carbocycles. The molecule has 2 aliphatic rings. The Hall–Kier alpha value is -4.34. The molecule has 1 aromatic heterocycles. The summed E-state index contributed by atoms with van der Waals surface area (Å²) in [5, 5.41) is 12.1. The van der Waals surface area contributed by atoms with Gasteiger partial charge in [-0.05, 0) is 89.3 Å². The average molecular weight is 622 g/mol. The molecule has 1 aromatic rings. The van der Waals surface area contributed by atoms with Crippen molar-refractivity contribution in [1.82, 2.24) is 14.8 Å². The lowest BCUT2D eigenvalue weighted by atomic mass is 9.98. The van der Waals surface area contributed by atoms with Gasteiger partial charge in [-0.2, -0.15) is 0 Å². The van der Waals surface area contributed by atoms with Crippen LogP contribution in [-0.2, 0) is 20.7 Å². The van der Waals surface area contributed by atoms with Crippen molar-refractivity contribution < 1.29 is 24.2 Å². The summed E-state index contributed by atoms with van der Waals surface area (Å²) >= 11 is 0. The molecule has 3 heterocycles. The number of hydrogen-bond acceptors (Lipinski definition) is 7. The van der Waals surface area contributed by atoms with Gasteiger partial charge in [-0.15, -0.1) is 0 Å². The lowest BCUT2D eigenvalue weighted by Gasteiger charge is -2.37. The largest absolute Gasteiger partial charge is 0.494 e. The van der Waals surface area contributed by atoms with Crippen LogP contribution in [0.4, 0.5) is 10.5 Å².